The van der Waals surface area contributed by atoms with Crippen molar-refractivity contribution < 1.29 is 18.0 Å². The molecule has 148 valence electrons. The third-order valence-corrected chi connectivity index (χ3v) is 6.31. The molecule has 7 nitrogen and oxygen atoms in total. The zero-order chi connectivity index (χ0) is 20.0. The Morgan fingerprint density at radius 1 is 0.929 bits per heavy atom. The van der Waals surface area contributed by atoms with E-state index in [1.807, 2.05) is 29.2 Å². The first-order valence-corrected chi connectivity index (χ1v) is 10.8. The molecule has 2 N–H and O–H groups in total. The summed E-state index contributed by atoms with van der Waals surface area (Å²) >= 11 is 0. The number of para-hydroxylation sites is 1. The number of carbonyl (C=O) groups is 2. The van der Waals surface area contributed by atoms with Crippen LogP contribution in [0.4, 0.5) is 5.69 Å². The third-order valence-electron chi connectivity index (χ3n) is 4.58. The van der Waals surface area contributed by atoms with Crippen LogP contribution in [0.2, 0.25) is 0 Å². The summed E-state index contributed by atoms with van der Waals surface area (Å²) < 4.78 is 24.4. The zero-order valence-corrected chi connectivity index (χ0v) is 16.2. The molecule has 0 fully saturated rings. The van der Waals surface area contributed by atoms with Gasteiger partial charge in [0.2, 0.25) is 5.91 Å². The molecule has 0 saturated heterocycles. The smallest absolute Gasteiger partial charge is 0.257 e. The number of carbonyl (C=O) groups excluding carboxylic acids is 2. The molecular weight excluding hydrogens is 378 g/mol. The lowest BCUT2D eigenvalue weighted by Gasteiger charge is -2.30. The van der Waals surface area contributed by atoms with Gasteiger partial charge in [-0.05, 0) is 36.6 Å². The zero-order valence-electron chi connectivity index (χ0n) is 15.4. The predicted octanol–water partition coefficient (Wildman–Crippen LogP) is 1.45. The Bertz CT molecular complexity index is 945. The number of hydrogen-bond acceptors (Lipinski definition) is 5. The molecule has 0 spiro atoms. The molecule has 1 aliphatic rings. The second-order valence-electron chi connectivity index (χ2n) is 6.63. The van der Waals surface area contributed by atoms with Crippen molar-refractivity contribution in [3.8, 4) is 0 Å². The molecule has 2 aromatic rings. The lowest BCUT2D eigenvalue weighted by molar-refractivity contribution is -0.128. The maximum Gasteiger partial charge on any atom is 0.257 e. The number of nitrogens with one attached hydrogen (secondary N) is 2. The molecule has 0 radical (unpaired) electrons. The Morgan fingerprint density at radius 3 is 2.39 bits per heavy atom. The number of sulfone groups is 1. The summed E-state index contributed by atoms with van der Waals surface area (Å²) in [7, 11) is -3.53. The first-order valence-electron chi connectivity index (χ1n) is 9.14. The monoisotopic (exact) mass is 401 g/mol. The maximum atomic E-state index is 12.2. The van der Waals surface area contributed by atoms with E-state index >= 15 is 0 Å². The average molecular weight is 401 g/mol. The second kappa shape index (κ2) is 8.88. The van der Waals surface area contributed by atoms with Crippen molar-refractivity contribution in [3.63, 3.8) is 0 Å². The van der Waals surface area contributed by atoms with Crippen molar-refractivity contribution in [1.82, 2.24) is 10.9 Å². The van der Waals surface area contributed by atoms with Crippen LogP contribution in [0.5, 0.6) is 0 Å². The number of nitrogens with zero attached hydrogens (tertiary/aromatic N) is 1. The summed E-state index contributed by atoms with van der Waals surface area (Å²) in [5, 5.41) is 0. The summed E-state index contributed by atoms with van der Waals surface area (Å²) in [6.45, 7) is 0.896. The van der Waals surface area contributed by atoms with Gasteiger partial charge in [0.1, 0.15) is 0 Å². The summed E-state index contributed by atoms with van der Waals surface area (Å²) in [6.07, 6.45) is 1.72. The molecule has 0 aliphatic carbocycles. The molecule has 0 aromatic heterocycles. The van der Waals surface area contributed by atoms with Gasteiger partial charge in [-0.3, -0.25) is 20.4 Å². The number of fused-ring (bicyclic) bond motifs is 1. The second-order valence-corrected chi connectivity index (χ2v) is 8.74. The Morgan fingerprint density at radius 2 is 1.61 bits per heavy atom. The van der Waals surface area contributed by atoms with Gasteiger partial charge in [0.15, 0.2) is 9.84 Å². The van der Waals surface area contributed by atoms with Gasteiger partial charge in [-0.15, -0.1) is 0 Å². The lowest BCUT2D eigenvalue weighted by atomic mass is 10.0. The van der Waals surface area contributed by atoms with E-state index in [4.69, 9.17) is 0 Å². The molecule has 1 aliphatic heterocycles. The molecule has 3 rings (SSSR count). The van der Waals surface area contributed by atoms with Gasteiger partial charge >= 0.3 is 0 Å². The van der Waals surface area contributed by atoms with Gasteiger partial charge in [0.25, 0.3) is 5.91 Å². The highest BCUT2D eigenvalue weighted by Crippen LogP contribution is 2.26. The number of amides is 2. The first-order chi connectivity index (χ1) is 13.5. The number of hydrogen-bond donors (Lipinski definition) is 2. The van der Waals surface area contributed by atoms with E-state index in [0.717, 1.165) is 25.1 Å². The van der Waals surface area contributed by atoms with E-state index < -0.39 is 15.7 Å². The minimum atomic E-state index is -3.53. The van der Waals surface area contributed by atoms with Gasteiger partial charge in [-0.25, -0.2) is 8.42 Å². The Labute approximate surface area is 164 Å². The quantitative estimate of drug-likeness (QED) is 0.715. The van der Waals surface area contributed by atoms with Crippen molar-refractivity contribution in [2.24, 2.45) is 0 Å². The van der Waals surface area contributed by atoms with Gasteiger partial charge in [0, 0.05) is 18.7 Å². The van der Waals surface area contributed by atoms with Crippen molar-refractivity contribution >= 4 is 27.3 Å². The fourth-order valence-electron chi connectivity index (χ4n) is 3.16. The third kappa shape index (κ3) is 5.10. The lowest BCUT2D eigenvalue weighted by Crippen LogP contribution is -2.47. The van der Waals surface area contributed by atoms with E-state index in [9.17, 15) is 18.0 Å². The minimum absolute atomic E-state index is 0.125. The molecular formula is C20H23N3O4S. The fraction of sp³-hybridized carbons (Fsp3) is 0.300. The van der Waals surface area contributed by atoms with E-state index in [-0.39, 0.29) is 29.5 Å². The van der Waals surface area contributed by atoms with Gasteiger partial charge in [-0.2, -0.15) is 0 Å². The predicted molar refractivity (Wildman–Crippen MR) is 106 cm³/mol. The number of rotatable bonds is 6. The van der Waals surface area contributed by atoms with Crippen molar-refractivity contribution in [2.75, 3.05) is 23.7 Å². The Hall–Kier alpha value is -2.87. The molecule has 2 aromatic carbocycles. The van der Waals surface area contributed by atoms with Crippen LogP contribution in [0.1, 0.15) is 18.4 Å². The van der Waals surface area contributed by atoms with Gasteiger partial charge < -0.3 is 4.90 Å². The van der Waals surface area contributed by atoms with Crippen molar-refractivity contribution in [1.29, 1.82) is 0 Å². The highest BCUT2D eigenvalue weighted by atomic mass is 32.2. The molecule has 2 amide bonds. The number of aryl methyl sites for hydroxylation is 1. The summed E-state index contributed by atoms with van der Waals surface area (Å²) in [5.41, 5.74) is 6.89. The Kier molecular flexibility index (Phi) is 6.30. The van der Waals surface area contributed by atoms with E-state index in [2.05, 4.69) is 10.9 Å². The fourth-order valence-corrected chi connectivity index (χ4v) is 4.42. The van der Waals surface area contributed by atoms with Crippen molar-refractivity contribution in [3.05, 3.63) is 60.2 Å². The van der Waals surface area contributed by atoms with Crippen LogP contribution in [-0.4, -0.2) is 39.1 Å². The van der Waals surface area contributed by atoms with Crippen LogP contribution in [0.25, 0.3) is 0 Å². The highest BCUT2D eigenvalue weighted by molar-refractivity contribution is 7.91. The van der Waals surface area contributed by atoms with Crippen LogP contribution < -0.4 is 15.8 Å². The molecule has 28 heavy (non-hydrogen) atoms. The van der Waals surface area contributed by atoms with E-state index in [0.29, 0.717) is 0 Å². The van der Waals surface area contributed by atoms with Gasteiger partial charge in [0.05, 0.1) is 17.2 Å². The minimum Gasteiger partial charge on any atom is -0.362 e. The van der Waals surface area contributed by atoms with E-state index in [1.54, 1.807) is 18.2 Å². The van der Waals surface area contributed by atoms with E-state index in [1.165, 1.54) is 17.7 Å². The van der Waals surface area contributed by atoms with Crippen LogP contribution in [0, 0.1) is 0 Å². The van der Waals surface area contributed by atoms with Crippen molar-refractivity contribution in [2.45, 2.75) is 24.2 Å². The summed E-state index contributed by atoms with van der Waals surface area (Å²) in [5.74, 6) is -1.22. The molecule has 0 unspecified atom stereocenters. The standard InChI is InChI=1S/C20H23N3O4S/c24-19(12-14-28(26,27)17-9-2-1-3-10-17)21-22-20(25)15-23-13-6-8-16-7-4-5-11-18(16)23/h1-5,7,9-11H,6,8,12-15H2,(H,21,24)(H,22,25). The number of anilines is 1. The van der Waals surface area contributed by atoms with Crippen LogP contribution in [0.3, 0.4) is 0 Å². The summed E-state index contributed by atoms with van der Waals surface area (Å²) in [6, 6.07) is 15.9. The van der Waals surface area contributed by atoms with Gasteiger partial charge in [-0.1, -0.05) is 36.4 Å². The van der Waals surface area contributed by atoms with Crippen LogP contribution in [0.15, 0.2) is 59.5 Å². The first kappa shape index (κ1) is 19.9. The largest absolute Gasteiger partial charge is 0.362 e. The topological polar surface area (TPSA) is 95.6 Å². The SMILES string of the molecule is O=C(CCS(=O)(=O)c1ccccc1)NNC(=O)CN1CCCc2ccccc21. The highest BCUT2D eigenvalue weighted by Gasteiger charge is 2.19. The molecule has 1 heterocycles. The summed E-state index contributed by atoms with van der Waals surface area (Å²) in [4.78, 5) is 26.2. The molecule has 0 atom stereocenters. The van der Waals surface area contributed by atoms with Crippen LogP contribution in [-0.2, 0) is 25.8 Å². The Balaban J connectivity index is 1.46. The average Bonchev–Trinajstić information content (AvgIpc) is 2.72. The number of hydrazine groups is 1. The maximum absolute atomic E-state index is 12.2. The molecule has 0 saturated carbocycles. The number of benzene rings is 2. The molecule has 8 heteroatoms. The van der Waals surface area contributed by atoms with Crippen LogP contribution >= 0.6 is 0 Å². The molecule has 0 bridgehead atoms. The normalized spacial score (nSPS) is 13.5.